The first kappa shape index (κ1) is 15.1. The Bertz CT molecular complexity index is 557. The molecule has 0 spiro atoms. The number of hydrogen-bond donors (Lipinski definition) is 2. The number of hydrogen-bond acceptors (Lipinski definition) is 5. The lowest BCUT2D eigenvalue weighted by atomic mass is 10.1. The number of carbonyl (C=O) groups excluding carboxylic acids is 1. The minimum atomic E-state index is -0.987. The van der Waals surface area contributed by atoms with Gasteiger partial charge in [-0.3, -0.25) is 9.59 Å². The molecular weight excluding hydrogens is 278 g/mol. The maximum Gasteiger partial charge on any atom is 0.305 e. The van der Waals surface area contributed by atoms with Crippen molar-refractivity contribution in [2.75, 3.05) is 24.7 Å². The van der Waals surface area contributed by atoms with E-state index >= 15 is 0 Å². The molecular formula is C14H17NO6. The number of carboxylic acids is 1. The molecule has 1 heterocycles. The minimum absolute atomic E-state index is 0.0466. The normalized spacial score (nSPS) is 13.6. The van der Waals surface area contributed by atoms with E-state index in [4.69, 9.17) is 14.6 Å². The van der Waals surface area contributed by atoms with Gasteiger partial charge in [-0.25, -0.2) is 0 Å². The van der Waals surface area contributed by atoms with Gasteiger partial charge in [-0.15, -0.1) is 0 Å². The number of rotatable bonds is 6. The Morgan fingerprint density at radius 2 is 2.24 bits per heavy atom. The van der Waals surface area contributed by atoms with E-state index in [1.165, 1.54) is 4.90 Å². The zero-order valence-corrected chi connectivity index (χ0v) is 11.7. The van der Waals surface area contributed by atoms with E-state index in [1.807, 2.05) is 6.92 Å². The molecule has 21 heavy (non-hydrogen) atoms. The molecule has 1 aromatic rings. The van der Waals surface area contributed by atoms with E-state index in [1.54, 1.807) is 12.1 Å². The van der Waals surface area contributed by atoms with Crippen LogP contribution in [0.15, 0.2) is 12.1 Å². The van der Waals surface area contributed by atoms with Gasteiger partial charge in [-0.05, 0) is 24.6 Å². The third kappa shape index (κ3) is 3.25. The maximum absolute atomic E-state index is 11.9. The molecule has 1 aliphatic heterocycles. The van der Waals surface area contributed by atoms with Crippen LogP contribution in [0.3, 0.4) is 0 Å². The Labute approximate surface area is 121 Å². The predicted molar refractivity (Wildman–Crippen MR) is 73.6 cm³/mol. The molecule has 1 amide bonds. The summed E-state index contributed by atoms with van der Waals surface area (Å²) in [5, 5.41) is 18.1. The Hall–Kier alpha value is -2.28. The number of benzene rings is 1. The van der Waals surface area contributed by atoms with Crippen molar-refractivity contribution >= 4 is 17.6 Å². The van der Waals surface area contributed by atoms with E-state index in [0.29, 0.717) is 29.4 Å². The average Bonchev–Trinajstić information content (AvgIpc) is 2.45. The van der Waals surface area contributed by atoms with Gasteiger partial charge in [0.25, 0.3) is 5.91 Å². The number of nitrogens with zero attached hydrogens (tertiary/aromatic N) is 1. The highest BCUT2D eigenvalue weighted by atomic mass is 16.5. The van der Waals surface area contributed by atoms with Crippen LogP contribution in [0.1, 0.15) is 18.9 Å². The lowest BCUT2D eigenvalue weighted by Crippen LogP contribution is -2.40. The van der Waals surface area contributed by atoms with Gasteiger partial charge in [0, 0.05) is 6.54 Å². The van der Waals surface area contributed by atoms with Gasteiger partial charge in [0.05, 0.1) is 25.3 Å². The standard InChI is InChI=1S/C14H17NO6/c1-2-20-11-6-9(7-16)5-10-14(11)21-8-12(17)15(10)4-3-13(18)19/h5-6,16H,2-4,7-8H2,1H3,(H,18,19). The molecule has 2 rings (SSSR count). The van der Waals surface area contributed by atoms with Gasteiger partial charge in [0.15, 0.2) is 18.1 Å². The summed E-state index contributed by atoms with van der Waals surface area (Å²) in [4.78, 5) is 24.0. The van der Waals surface area contributed by atoms with Crippen LogP contribution in [0.5, 0.6) is 11.5 Å². The van der Waals surface area contributed by atoms with Crippen LogP contribution >= 0.6 is 0 Å². The van der Waals surface area contributed by atoms with Crippen molar-refractivity contribution in [3.8, 4) is 11.5 Å². The number of anilines is 1. The second-order valence-corrected chi connectivity index (χ2v) is 4.51. The quantitative estimate of drug-likeness (QED) is 0.805. The summed E-state index contributed by atoms with van der Waals surface area (Å²) in [6.07, 6.45) is -0.168. The summed E-state index contributed by atoms with van der Waals surface area (Å²) in [6, 6.07) is 3.25. The van der Waals surface area contributed by atoms with Crippen molar-refractivity contribution in [2.24, 2.45) is 0 Å². The molecule has 2 N–H and O–H groups in total. The molecule has 0 bridgehead atoms. The summed E-state index contributed by atoms with van der Waals surface area (Å²) in [6.45, 7) is 1.90. The highest BCUT2D eigenvalue weighted by Gasteiger charge is 2.29. The van der Waals surface area contributed by atoms with Crippen LogP contribution in [-0.2, 0) is 16.2 Å². The first-order valence-corrected chi connectivity index (χ1v) is 6.62. The lowest BCUT2D eigenvalue weighted by molar-refractivity contribution is -0.136. The van der Waals surface area contributed by atoms with Crippen LogP contribution < -0.4 is 14.4 Å². The number of aliphatic hydroxyl groups is 1. The van der Waals surface area contributed by atoms with E-state index in [9.17, 15) is 14.7 Å². The van der Waals surface area contributed by atoms with Crippen LogP contribution in [0.25, 0.3) is 0 Å². The van der Waals surface area contributed by atoms with E-state index in [0.717, 1.165) is 0 Å². The second kappa shape index (κ2) is 6.45. The molecule has 7 nitrogen and oxygen atoms in total. The predicted octanol–water partition coefficient (Wildman–Crippen LogP) is 0.778. The van der Waals surface area contributed by atoms with Crippen molar-refractivity contribution in [3.63, 3.8) is 0 Å². The van der Waals surface area contributed by atoms with Gasteiger partial charge in [0.2, 0.25) is 0 Å². The zero-order chi connectivity index (χ0) is 15.4. The molecule has 1 aromatic carbocycles. The average molecular weight is 295 g/mol. The molecule has 7 heteroatoms. The summed E-state index contributed by atoms with van der Waals surface area (Å²) in [7, 11) is 0. The van der Waals surface area contributed by atoms with Gasteiger partial charge in [0.1, 0.15) is 0 Å². The third-order valence-electron chi connectivity index (χ3n) is 3.06. The smallest absolute Gasteiger partial charge is 0.305 e. The fourth-order valence-electron chi connectivity index (χ4n) is 2.14. The van der Waals surface area contributed by atoms with Crippen molar-refractivity contribution < 1.29 is 29.3 Å². The summed E-state index contributed by atoms with van der Waals surface area (Å²) in [5.41, 5.74) is 0.998. The molecule has 0 fully saturated rings. The molecule has 0 radical (unpaired) electrons. The molecule has 0 atom stereocenters. The number of carbonyl (C=O) groups is 2. The van der Waals surface area contributed by atoms with Crippen molar-refractivity contribution in [2.45, 2.75) is 20.0 Å². The highest BCUT2D eigenvalue weighted by Crippen LogP contribution is 2.41. The van der Waals surface area contributed by atoms with Crippen molar-refractivity contribution in [3.05, 3.63) is 17.7 Å². The molecule has 0 aromatic heterocycles. The summed E-state index contributed by atoms with van der Waals surface area (Å²) >= 11 is 0. The number of ether oxygens (including phenoxy) is 2. The van der Waals surface area contributed by atoms with Crippen LogP contribution in [-0.4, -0.2) is 41.8 Å². The summed E-state index contributed by atoms with van der Waals surface area (Å²) in [5.74, 6) is -0.466. The van der Waals surface area contributed by atoms with E-state index in [-0.39, 0.29) is 32.1 Å². The molecule has 1 aliphatic rings. The topological polar surface area (TPSA) is 96.3 Å². The Morgan fingerprint density at radius 3 is 2.86 bits per heavy atom. The van der Waals surface area contributed by atoms with Crippen molar-refractivity contribution in [1.29, 1.82) is 0 Å². The molecule has 0 saturated carbocycles. The molecule has 0 saturated heterocycles. The molecule has 114 valence electrons. The number of amides is 1. The summed E-state index contributed by atoms with van der Waals surface area (Å²) < 4.78 is 10.9. The number of fused-ring (bicyclic) bond motifs is 1. The number of carboxylic acid groups (broad SMARTS) is 1. The Balaban J connectivity index is 2.42. The Kier molecular flexibility index (Phi) is 4.64. The van der Waals surface area contributed by atoms with Crippen LogP contribution in [0.2, 0.25) is 0 Å². The number of aliphatic hydroxyl groups excluding tert-OH is 1. The van der Waals surface area contributed by atoms with Gasteiger partial charge in [-0.1, -0.05) is 0 Å². The van der Waals surface area contributed by atoms with Crippen LogP contribution in [0.4, 0.5) is 5.69 Å². The van der Waals surface area contributed by atoms with Gasteiger partial charge < -0.3 is 24.6 Å². The second-order valence-electron chi connectivity index (χ2n) is 4.51. The molecule has 0 aliphatic carbocycles. The van der Waals surface area contributed by atoms with E-state index < -0.39 is 5.97 Å². The van der Waals surface area contributed by atoms with Crippen LogP contribution in [0, 0.1) is 0 Å². The Morgan fingerprint density at radius 1 is 1.48 bits per heavy atom. The molecule has 0 unspecified atom stereocenters. The fraction of sp³-hybridized carbons (Fsp3) is 0.429. The number of aliphatic carboxylic acids is 1. The first-order valence-electron chi connectivity index (χ1n) is 6.62. The monoisotopic (exact) mass is 295 g/mol. The van der Waals surface area contributed by atoms with E-state index in [2.05, 4.69) is 0 Å². The third-order valence-corrected chi connectivity index (χ3v) is 3.06. The zero-order valence-electron chi connectivity index (χ0n) is 11.7. The largest absolute Gasteiger partial charge is 0.490 e. The van der Waals surface area contributed by atoms with Gasteiger partial charge >= 0.3 is 5.97 Å². The first-order chi connectivity index (χ1) is 10.1. The SMILES string of the molecule is CCOc1cc(CO)cc2c1OCC(=O)N2CCC(=O)O. The maximum atomic E-state index is 11.9. The lowest BCUT2D eigenvalue weighted by Gasteiger charge is -2.30. The fourth-order valence-corrected chi connectivity index (χ4v) is 2.14. The van der Waals surface area contributed by atoms with Crippen molar-refractivity contribution in [1.82, 2.24) is 0 Å². The highest BCUT2D eigenvalue weighted by molar-refractivity contribution is 5.99. The minimum Gasteiger partial charge on any atom is -0.490 e. The van der Waals surface area contributed by atoms with Gasteiger partial charge in [-0.2, -0.15) is 0 Å².